The van der Waals surface area contributed by atoms with Gasteiger partial charge in [-0.05, 0) is 54.2 Å². The zero-order chi connectivity index (χ0) is 20.0. The summed E-state index contributed by atoms with van der Waals surface area (Å²) in [5.74, 6) is 1.53. The molecule has 2 aromatic carbocycles. The Kier molecular flexibility index (Phi) is 4.36. The zero-order valence-electron chi connectivity index (χ0n) is 16.9. The van der Waals surface area contributed by atoms with Gasteiger partial charge >= 0.3 is 0 Å². The second-order valence-electron chi connectivity index (χ2n) is 7.84. The molecule has 0 unspecified atom stereocenters. The highest BCUT2D eigenvalue weighted by Gasteiger charge is 2.25. The number of pyridine rings is 1. The minimum Gasteiger partial charge on any atom is -0.496 e. The Morgan fingerprint density at radius 1 is 1.10 bits per heavy atom. The monoisotopic (exact) mass is 383 g/mol. The summed E-state index contributed by atoms with van der Waals surface area (Å²) >= 11 is 0. The number of aryl methyl sites for hydroxylation is 1. The fraction of sp³-hybridized carbons (Fsp3) is 0.240. The molecule has 0 atom stereocenters. The maximum atomic E-state index is 6.12. The molecule has 0 aliphatic heterocycles. The van der Waals surface area contributed by atoms with E-state index in [9.17, 15) is 0 Å². The van der Waals surface area contributed by atoms with Crippen molar-refractivity contribution in [1.82, 2.24) is 9.55 Å². The van der Waals surface area contributed by atoms with Crippen LogP contribution in [0.25, 0.3) is 33.3 Å². The Bertz CT molecular complexity index is 1200. The van der Waals surface area contributed by atoms with E-state index in [-0.39, 0.29) is 0 Å². The van der Waals surface area contributed by atoms with E-state index < -0.39 is 0 Å². The fourth-order valence-corrected chi connectivity index (χ4v) is 4.24. The number of ether oxygens (including phenoxy) is 1. The first-order chi connectivity index (χ1) is 14.2. The first-order valence-corrected chi connectivity index (χ1v) is 10.1. The predicted molar refractivity (Wildman–Crippen MR) is 118 cm³/mol. The number of para-hydroxylation sites is 1. The maximum absolute atomic E-state index is 6.12. The molecule has 5 rings (SSSR count). The van der Waals surface area contributed by atoms with E-state index in [2.05, 4.69) is 48.1 Å². The molecule has 1 aliphatic rings. The second kappa shape index (κ2) is 7.05. The van der Waals surface area contributed by atoms with E-state index in [1.54, 1.807) is 7.11 Å². The highest BCUT2D eigenvalue weighted by Crippen LogP contribution is 2.42. The Balaban J connectivity index is 1.74. The molecule has 2 heterocycles. The van der Waals surface area contributed by atoms with Gasteiger partial charge in [-0.2, -0.15) is 0 Å². The minimum absolute atomic E-state index is 0.486. The zero-order valence-corrected chi connectivity index (χ0v) is 16.9. The summed E-state index contributed by atoms with van der Waals surface area (Å²) in [5.41, 5.74) is 14.0. The topological polar surface area (TPSA) is 53.1 Å². The van der Waals surface area contributed by atoms with Crippen LogP contribution in [0.2, 0.25) is 0 Å². The van der Waals surface area contributed by atoms with Crippen molar-refractivity contribution in [3.05, 3.63) is 72.1 Å². The molecule has 29 heavy (non-hydrogen) atoms. The van der Waals surface area contributed by atoms with E-state index in [0.717, 1.165) is 33.7 Å². The van der Waals surface area contributed by atoms with E-state index in [1.807, 2.05) is 24.4 Å². The van der Waals surface area contributed by atoms with Gasteiger partial charge in [-0.1, -0.05) is 24.3 Å². The molecule has 146 valence electrons. The number of nitrogens with two attached hydrogens (primary N) is 1. The number of hydrogen-bond acceptors (Lipinski definition) is 3. The SMILES string of the molecule is COc1ccccc1-c1cc(-c2ncc(C3CC3)cc2CN)cc2ccn(C)c12. The average molecular weight is 383 g/mol. The average Bonchev–Trinajstić information content (AvgIpc) is 3.55. The molecular formula is C25H25N3O. The van der Waals surface area contributed by atoms with Crippen molar-refractivity contribution in [2.24, 2.45) is 12.8 Å². The summed E-state index contributed by atoms with van der Waals surface area (Å²) in [6, 6.07) is 17.0. The maximum Gasteiger partial charge on any atom is 0.126 e. The lowest BCUT2D eigenvalue weighted by Gasteiger charge is -2.15. The number of methoxy groups -OCH3 is 1. The molecule has 4 aromatic rings. The largest absolute Gasteiger partial charge is 0.496 e. The molecule has 2 N–H and O–H groups in total. The molecule has 0 spiro atoms. The lowest BCUT2D eigenvalue weighted by atomic mass is 9.95. The summed E-state index contributed by atoms with van der Waals surface area (Å²) in [7, 11) is 3.80. The molecule has 1 saturated carbocycles. The van der Waals surface area contributed by atoms with Crippen LogP contribution in [0.3, 0.4) is 0 Å². The summed E-state index contributed by atoms with van der Waals surface area (Å²) < 4.78 is 7.82. The van der Waals surface area contributed by atoms with Gasteiger partial charge in [0.25, 0.3) is 0 Å². The van der Waals surface area contributed by atoms with Gasteiger partial charge in [0.1, 0.15) is 5.75 Å². The number of rotatable bonds is 5. The van der Waals surface area contributed by atoms with Gasteiger partial charge in [-0.25, -0.2) is 0 Å². The molecule has 0 saturated heterocycles. The molecule has 0 radical (unpaired) electrons. The number of aromatic nitrogens is 2. The normalized spacial score (nSPS) is 13.8. The Morgan fingerprint density at radius 2 is 1.93 bits per heavy atom. The van der Waals surface area contributed by atoms with E-state index in [1.165, 1.54) is 29.3 Å². The lowest BCUT2D eigenvalue weighted by molar-refractivity contribution is 0.416. The summed E-state index contributed by atoms with van der Waals surface area (Å²) in [6.45, 7) is 0.486. The smallest absolute Gasteiger partial charge is 0.126 e. The number of fused-ring (bicyclic) bond motifs is 1. The standard InChI is InChI=1S/C25H25N3O/c1-28-10-9-17-11-18(24-19(14-26)12-20(15-27-24)16-7-8-16)13-22(25(17)28)21-5-3-4-6-23(21)29-2/h3-6,9-13,15-16H,7-8,14,26H2,1-2H3. The molecule has 0 bridgehead atoms. The molecular weight excluding hydrogens is 358 g/mol. The summed E-state index contributed by atoms with van der Waals surface area (Å²) in [5, 5.41) is 1.18. The summed E-state index contributed by atoms with van der Waals surface area (Å²) in [6.07, 6.45) is 6.66. The molecule has 4 heteroatoms. The Labute approximate surface area is 171 Å². The van der Waals surface area contributed by atoms with Crippen molar-refractivity contribution in [3.63, 3.8) is 0 Å². The van der Waals surface area contributed by atoms with Crippen LogP contribution in [0, 0.1) is 0 Å². The van der Waals surface area contributed by atoms with Gasteiger partial charge in [0.15, 0.2) is 0 Å². The molecule has 1 fully saturated rings. The van der Waals surface area contributed by atoms with Crippen molar-refractivity contribution in [2.75, 3.05) is 7.11 Å². The van der Waals surface area contributed by atoms with Crippen molar-refractivity contribution < 1.29 is 4.74 Å². The first-order valence-electron chi connectivity index (χ1n) is 10.1. The third-order valence-electron chi connectivity index (χ3n) is 5.90. The van der Waals surface area contributed by atoms with Gasteiger partial charge < -0.3 is 15.0 Å². The van der Waals surface area contributed by atoms with Gasteiger partial charge in [0.05, 0.1) is 18.3 Å². The van der Waals surface area contributed by atoms with E-state index >= 15 is 0 Å². The van der Waals surface area contributed by atoms with Gasteiger partial charge in [0, 0.05) is 48.1 Å². The van der Waals surface area contributed by atoms with Crippen molar-refractivity contribution >= 4 is 10.9 Å². The first kappa shape index (κ1) is 18.0. The van der Waals surface area contributed by atoms with Crippen molar-refractivity contribution in [1.29, 1.82) is 0 Å². The van der Waals surface area contributed by atoms with Crippen molar-refractivity contribution in [2.45, 2.75) is 25.3 Å². The van der Waals surface area contributed by atoms with Crippen LogP contribution in [-0.2, 0) is 13.6 Å². The van der Waals surface area contributed by atoms with Gasteiger partial charge in [0.2, 0.25) is 0 Å². The van der Waals surface area contributed by atoms with Gasteiger partial charge in [-0.3, -0.25) is 4.98 Å². The molecule has 4 nitrogen and oxygen atoms in total. The van der Waals surface area contributed by atoms with Crippen LogP contribution in [0.4, 0.5) is 0 Å². The van der Waals surface area contributed by atoms with Gasteiger partial charge in [-0.15, -0.1) is 0 Å². The Hall–Kier alpha value is -3.11. The summed E-state index contributed by atoms with van der Waals surface area (Å²) in [4.78, 5) is 4.85. The van der Waals surface area contributed by atoms with E-state index in [0.29, 0.717) is 12.5 Å². The highest BCUT2D eigenvalue weighted by molar-refractivity contribution is 5.99. The second-order valence-corrected chi connectivity index (χ2v) is 7.84. The van der Waals surface area contributed by atoms with Crippen LogP contribution in [-0.4, -0.2) is 16.7 Å². The number of nitrogens with zero attached hydrogens (tertiary/aromatic N) is 2. The number of benzene rings is 2. The van der Waals surface area contributed by atoms with Crippen LogP contribution in [0.1, 0.15) is 29.9 Å². The minimum atomic E-state index is 0.486. The fourth-order valence-electron chi connectivity index (χ4n) is 4.24. The predicted octanol–water partition coefficient (Wildman–Crippen LogP) is 5.25. The van der Waals surface area contributed by atoms with E-state index in [4.69, 9.17) is 15.5 Å². The van der Waals surface area contributed by atoms with Crippen molar-refractivity contribution in [3.8, 4) is 28.1 Å². The van der Waals surface area contributed by atoms with Crippen LogP contribution < -0.4 is 10.5 Å². The number of hydrogen-bond donors (Lipinski definition) is 1. The van der Waals surface area contributed by atoms with Crippen LogP contribution in [0.15, 0.2) is 60.9 Å². The third kappa shape index (κ3) is 3.10. The molecule has 2 aromatic heterocycles. The Morgan fingerprint density at radius 3 is 2.69 bits per heavy atom. The quantitative estimate of drug-likeness (QED) is 0.512. The highest BCUT2D eigenvalue weighted by atomic mass is 16.5. The molecule has 0 amide bonds. The van der Waals surface area contributed by atoms with Crippen LogP contribution in [0.5, 0.6) is 5.75 Å². The lowest BCUT2D eigenvalue weighted by Crippen LogP contribution is -2.03. The van der Waals surface area contributed by atoms with Crippen LogP contribution >= 0.6 is 0 Å². The molecule has 1 aliphatic carbocycles. The third-order valence-corrected chi connectivity index (χ3v) is 5.90.